The summed E-state index contributed by atoms with van der Waals surface area (Å²) in [7, 11) is 0. The normalized spacial score (nSPS) is 11.7. The second-order valence-electron chi connectivity index (χ2n) is 6.93. The molecule has 0 fully saturated rings. The first-order valence-electron chi connectivity index (χ1n) is 9.55. The third kappa shape index (κ3) is 6.59. The zero-order valence-corrected chi connectivity index (χ0v) is 17.3. The fourth-order valence-electron chi connectivity index (χ4n) is 2.89. The van der Waals surface area contributed by atoms with Gasteiger partial charge in [-0.3, -0.25) is 4.98 Å². The van der Waals surface area contributed by atoms with Gasteiger partial charge in [0.05, 0.1) is 5.69 Å². The van der Waals surface area contributed by atoms with E-state index in [1.54, 1.807) is 12.1 Å². The zero-order valence-electron chi connectivity index (χ0n) is 16.6. The fourth-order valence-corrected chi connectivity index (χ4v) is 3.01. The summed E-state index contributed by atoms with van der Waals surface area (Å²) < 4.78 is 0. The van der Waals surface area contributed by atoms with E-state index >= 15 is 0 Å². The third-order valence-corrected chi connectivity index (χ3v) is 4.82. The summed E-state index contributed by atoms with van der Waals surface area (Å²) in [5.41, 5.74) is 4.91. The van der Waals surface area contributed by atoms with E-state index in [-0.39, 0.29) is 12.1 Å². The first kappa shape index (κ1) is 20.8. The number of urea groups is 1. The molecule has 0 saturated carbocycles. The van der Waals surface area contributed by atoms with Gasteiger partial charge in [-0.1, -0.05) is 41.9 Å². The molecule has 0 unspecified atom stereocenters. The Morgan fingerprint density at radius 3 is 2.41 bits per heavy atom. The van der Waals surface area contributed by atoms with Crippen molar-refractivity contribution in [3.8, 4) is 0 Å². The topological polar surface area (TPSA) is 66.0 Å². The molecule has 2 amide bonds. The van der Waals surface area contributed by atoms with E-state index in [1.165, 1.54) is 0 Å². The highest BCUT2D eigenvalue weighted by Gasteiger charge is 2.07. The number of hydrogen-bond acceptors (Lipinski definition) is 3. The minimum atomic E-state index is -0.246. The summed E-state index contributed by atoms with van der Waals surface area (Å²) in [5, 5.41) is 9.83. The Bertz CT molecular complexity index is 942. The van der Waals surface area contributed by atoms with Crippen LogP contribution in [0.3, 0.4) is 0 Å². The van der Waals surface area contributed by atoms with E-state index in [9.17, 15) is 4.79 Å². The second kappa shape index (κ2) is 10.0. The molecule has 3 aromatic rings. The number of aryl methyl sites for hydroxylation is 1. The summed E-state index contributed by atoms with van der Waals surface area (Å²) in [6.07, 6.45) is 0. The molecule has 29 heavy (non-hydrogen) atoms. The predicted octanol–water partition coefficient (Wildman–Crippen LogP) is 5.22. The number of amides is 2. The number of anilines is 1. The maximum atomic E-state index is 12.1. The van der Waals surface area contributed by atoms with Gasteiger partial charge in [-0.25, -0.2) is 4.79 Å². The van der Waals surface area contributed by atoms with Crippen molar-refractivity contribution in [3.63, 3.8) is 0 Å². The van der Waals surface area contributed by atoms with Crippen molar-refractivity contribution in [3.05, 3.63) is 94.3 Å². The van der Waals surface area contributed by atoms with E-state index in [0.717, 1.165) is 28.2 Å². The lowest BCUT2D eigenvalue weighted by molar-refractivity contribution is 0.251. The number of benzene rings is 2. The highest BCUT2D eigenvalue weighted by atomic mass is 35.5. The average Bonchev–Trinajstić information content (AvgIpc) is 2.72. The number of halogens is 1. The van der Waals surface area contributed by atoms with Gasteiger partial charge in [0.15, 0.2) is 0 Å². The molecule has 0 bridgehead atoms. The SMILES string of the molecule is Cc1cccc(CN[C@@H](C)c2ccc(NC(=O)NCc3ccc(Cl)cc3)cc2)n1. The van der Waals surface area contributed by atoms with Crippen LogP contribution >= 0.6 is 11.6 Å². The van der Waals surface area contributed by atoms with Crippen LogP contribution in [0.1, 0.15) is 35.5 Å². The lowest BCUT2D eigenvalue weighted by Crippen LogP contribution is -2.28. The summed E-state index contributed by atoms with van der Waals surface area (Å²) in [6.45, 7) is 5.24. The summed E-state index contributed by atoms with van der Waals surface area (Å²) >= 11 is 5.87. The Hall–Kier alpha value is -2.89. The number of rotatable bonds is 7. The molecule has 3 N–H and O–H groups in total. The smallest absolute Gasteiger partial charge is 0.319 e. The van der Waals surface area contributed by atoms with Gasteiger partial charge in [-0.05, 0) is 61.4 Å². The molecular formula is C23H25ClN4O. The molecular weight excluding hydrogens is 384 g/mol. The minimum Gasteiger partial charge on any atom is -0.334 e. The number of hydrogen-bond donors (Lipinski definition) is 3. The van der Waals surface area contributed by atoms with E-state index in [0.29, 0.717) is 18.1 Å². The molecule has 150 valence electrons. The maximum absolute atomic E-state index is 12.1. The van der Waals surface area contributed by atoms with Crippen LogP contribution in [0.5, 0.6) is 0 Å². The Balaban J connectivity index is 1.47. The Labute approximate surface area is 176 Å². The molecule has 1 atom stereocenters. The number of aromatic nitrogens is 1. The Morgan fingerprint density at radius 1 is 1.00 bits per heavy atom. The number of carbonyl (C=O) groups excluding carboxylic acids is 1. The van der Waals surface area contributed by atoms with E-state index in [2.05, 4.69) is 27.9 Å². The minimum absolute atomic E-state index is 0.171. The molecule has 0 aliphatic rings. The largest absolute Gasteiger partial charge is 0.334 e. The third-order valence-electron chi connectivity index (χ3n) is 4.57. The molecule has 0 spiro atoms. The first-order valence-corrected chi connectivity index (χ1v) is 9.92. The van der Waals surface area contributed by atoms with Gasteiger partial charge < -0.3 is 16.0 Å². The van der Waals surface area contributed by atoms with E-state index < -0.39 is 0 Å². The molecule has 5 nitrogen and oxygen atoms in total. The lowest BCUT2D eigenvalue weighted by atomic mass is 10.1. The van der Waals surface area contributed by atoms with Gasteiger partial charge in [0.2, 0.25) is 0 Å². The fraction of sp³-hybridized carbons (Fsp3) is 0.217. The highest BCUT2D eigenvalue weighted by molar-refractivity contribution is 6.30. The van der Waals surface area contributed by atoms with Gasteiger partial charge in [-0.2, -0.15) is 0 Å². The van der Waals surface area contributed by atoms with Crippen molar-refractivity contribution in [2.45, 2.75) is 33.0 Å². The van der Waals surface area contributed by atoms with Crippen molar-refractivity contribution < 1.29 is 4.79 Å². The molecule has 0 saturated heterocycles. The molecule has 0 aliphatic heterocycles. The predicted molar refractivity (Wildman–Crippen MR) is 118 cm³/mol. The summed E-state index contributed by atoms with van der Waals surface area (Å²) in [6, 6.07) is 21.2. The van der Waals surface area contributed by atoms with Crippen molar-refractivity contribution in [2.24, 2.45) is 0 Å². The quantitative estimate of drug-likeness (QED) is 0.502. The molecule has 3 rings (SSSR count). The molecule has 1 heterocycles. The van der Waals surface area contributed by atoms with E-state index in [4.69, 9.17) is 11.6 Å². The Kier molecular flexibility index (Phi) is 7.22. The molecule has 1 aromatic heterocycles. The lowest BCUT2D eigenvalue weighted by Gasteiger charge is -2.15. The Morgan fingerprint density at radius 2 is 1.72 bits per heavy atom. The van der Waals surface area contributed by atoms with Gasteiger partial charge >= 0.3 is 6.03 Å². The molecule has 6 heteroatoms. The monoisotopic (exact) mass is 408 g/mol. The summed E-state index contributed by atoms with van der Waals surface area (Å²) in [5.74, 6) is 0. The highest BCUT2D eigenvalue weighted by Crippen LogP contribution is 2.17. The zero-order chi connectivity index (χ0) is 20.6. The van der Waals surface area contributed by atoms with Crippen molar-refractivity contribution in [1.82, 2.24) is 15.6 Å². The molecule has 0 aliphatic carbocycles. The van der Waals surface area contributed by atoms with Crippen LogP contribution in [-0.4, -0.2) is 11.0 Å². The van der Waals surface area contributed by atoms with Gasteiger partial charge in [-0.15, -0.1) is 0 Å². The summed E-state index contributed by atoms with van der Waals surface area (Å²) in [4.78, 5) is 16.6. The van der Waals surface area contributed by atoms with Crippen LogP contribution in [0.4, 0.5) is 10.5 Å². The van der Waals surface area contributed by atoms with Crippen LogP contribution < -0.4 is 16.0 Å². The van der Waals surface area contributed by atoms with Crippen molar-refractivity contribution in [2.75, 3.05) is 5.32 Å². The maximum Gasteiger partial charge on any atom is 0.319 e. The van der Waals surface area contributed by atoms with Crippen molar-refractivity contribution >= 4 is 23.3 Å². The van der Waals surface area contributed by atoms with Crippen LogP contribution in [0.15, 0.2) is 66.7 Å². The molecule has 0 radical (unpaired) electrons. The first-order chi connectivity index (χ1) is 14.0. The van der Waals surface area contributed by atoms with Crippen LogP contribution in [0, 0.1) is 6.92 Å². The standard InChI is InChI=1S/C23H25ClN4O/c1-16-4-3-5-22(27-16)15-25-17(2)19-8-12-21(13-9-19)28-23(29)26-14-18-6-10-20(24)11-7-18/h3-13,17,25H,14-15H2,1-2H3,(H2,26,28,29)/t17-/m0/s1. The number of nitrogens with zero attached hydrogens (tertiary/aromatic N) is 1. The second-order valence-corrected chi connectivity index (χ2v) is 7.37. The van der Waals surface area contributed by atoms with Crippen LogP contribution in [0.2, 0.25) is 5.02 Å². The van der Waals surface area contributed by atoms with Crippen LogP contribution in [-0.2, 0) is 13.1 Å². The van der Waals surface area contributed by atoms with E-state index in [1.807, 2.05) is 61.5 Å². The molecule has 2 aromatic carbocycles. The van der Waals surface area contributed by atoms with Gasteiger partial charge in [0.25, 0.3) is 0 Å². The average molecular weight is 409 g/mol. The van der Waals surface area contributed by atoms with Crippen molar-refractivity contribution in [1.29, 1.82) is 0 Å². The number of nitrogens with one attached hydrogen (secondary N) is 3. The van der Waals surface area contributed by atoms with Crippen LogP contribution in [0.25, 0.3) is 0 Å². The van der Waals surface area contributed by atoms with Gasteiger partial charge in [0, 0.05) is 35.5 Å². The number of pyridine rings is 1. The van der Waals surface area contributed by atoms with Gasteiger partial charge in [0.1, 0.15) is 0 Å². The number of carbonyl (C=O) groups is 1.